The molecule has 1 aliphatic carbocycles. The number of benzene rings is 2. The largest absolute Gasteiger partial charge is 0.370 e. The van der Waals surface area contributed by atoms with Gasteiger partial charge in [0.05, 0.1) is 11.4 Å². The molecule has 280 valence electrons. The lowest BCUT2D eigenvalue weighted by Gasteiger charge is -2.52. The first-order valence-corrected chi connectivity index (χ1v) is 19.9. The molecule has 1 fully saturated rings. The van der Waals surface area contributed by atoms with Crippen molar-refractivity contribution in [2.45, 2.75) is 105 Å². The van der Waals surface area contributed by atoms with E-state index in [0.717, 1.165) is 74.9 Å². The maximum atomic E-state index is 5.30. The van der Waals surface area contributed by atoms with Crippen molar-refractivity contribution in [3.8, 4) is 0 Å². The highest BCUT2D eigenvalue weighted by Gasteiger charge is 2.54. The number of aromatic nitrogens is 4. The first-order chi connectivity index (χ1) is 25.1. The van der Waals surface area contributed by atoms with E-state index in [4.69, 9.17) is 19.9 Å². The Bertz CT molecular complexity index is 1440. The van der Waals surface area contributed by atoms with Gasteiger partial charge in [0, 0.05) is 62.0 Å². The molecule has 2 aromatic carbocycles. The molecule has 8 heteroatoms. The van der Waals surface area contributed by atoms with Crippen LogP contribution in [0.3, 0.4) is 0 Å². The maximum absolute atomic E-state index is 5.30. The molecule has 0 unspecified atom stereocenters. The summed E-state index contributed by atoms with van der Waals surface area (Å²) < 4.78 is 0. The third-order valence-corrected chi connectivity index (χ3v) is 10.2. The van der Waals surface area contributed by atoms with Crippen molar-refractivity contribution < 1.29 is 0 Å². The zero-order valence-electron chi connectivity index (χ0n) is 33.0. The van der Waals surface area contributed by atoms with Gasteiger partial charge < -0.3 is 21.3 Å². The van der Waals surface area contributed by atoms with Crippen LogP contribution in [-0.4, -0.2) is 46.1 Å². The van der Waals surface area contributed by atoms with Gasteiger partial charge in [0.2, 0.25) is 11.9 Å². The van der Waals surface area contributed by atoms with E-state index in [1.807, 2.05) is 0 Å². The van der Waals surface area contributed by atoms with Crippen LogP contribution < -0.4 is 21.3 Å². The van der Waals surface area contributed by atoms with Crippen molar-refractivity contribution in [3.63, 3.8) is 0 Å². The highest BCUT2D eigenvalue weighted by molar-refractivity contribution is 5.52. The maximum Gasteiger partial charge on any atom is 0.224 e. The third kappa shape index (κ3) is 10.9. The molecule has 52 heavy (non-hydrogen) atoms. The van der Waals surface area contributed by atoms with Gasteiger partial charge in [-0.1, -0.05) is 116 Å². The Balaban J connectivity index is 1.62. The Morgan fingerprint density at radius 3 is 1.08 bits per heavy atom. The zero-order chi connectivity index (χ0) is 37.0. The van der Waals surface area contributed by atoms with E-state index in [1.54, 1.807) is 0 Å². The molecule has 0 radical (unpaired) electrons. The Kier molecular flexibility index (Phi) is 14.3. The van der Waals surface area contributed by atoms with Gasteiger partial charge in [-0.05, 0) is 60.5 Å². The van der Waals surface area contributed by atoms with Gasteiger partial charge in [0.25, 0.3) is 0 Å². The Morgan fingerprint density at radius 1 is 0.423 bits per heavy atom. The number of hydrogen-bond donors (Lipinski definition) is 4. The first-order valence-electron chi connectivity index (χ1n) is 19.9. The summed E-state index contributed by atoms with van der Waals surface area (Å²) in [6.45, 7) is 21.5. The standard InChI is InChI=1S/C44H64N8/c1-29(2)19-23-45-37-27-35(49-43(51-37)47-25-21-31(5)6)41-39(33-15-11-9-12-16-33)42(40(41)34-17-13-10-14-18-34)36-28-38(46-24-20-30(3)4)52-44(50-36)48-26-22-32(7)8/h9-18,27-32,39-42H,19-26H2,1-8H3,(H2,45,47,49,51)(H2,46,48,50,52). The monoisotopic (exact) mass is 705 g/mol. The second-order valence-electron chi connectivity index (χ2n) is 16.4. The van der Waals surface area contributed by atoms with Gasteiger partial charge in [-0.25, -0.2) is 9.97 Å². The van der Waals surface area contributed by atoms with Crippen LogP contribution in [0.25, 0.3) is 0 Å². The Hall–Kier alpha value is -4.20. The van der Waals surface area contributed by atoms with E-state index in [1.165, 1.54) is 11.1 Å². The average Bonchev–Trinajstić information content (AvgIpc) is 3.08. The molecule has 0 bridgehead atoms. The average molecular weight is 705 g/mol. The molecule has 4 aromatic rings. The van der Waals surface area contributed by atoms with Crippen molar-refractivity contribution in [1.29, 1.82) is 0 Å². The second kappa shape index (κ2) is 19.0. The highest BCUT2D eigenvalue weighted by Crippen LogP contribution is 2.66. The minimum atomic E-state index is 0.110. The molecular weight excluding hydrogens is 641 g/mol. The van der Waals surface area contributed by atoms with E-state index in [0.29, 0.717) is 35.6 Å². The van der Waals surface area contributed by atoms with Gasteiger partial charge in [-0.2, -0.15) is 9.97 Å². The van der Waals surface area contributed by atoms with Crippen molar-refractivity contribution >= 4 is 23.5 Å². The summed E-state index contributed by atoms with van der Waals surface area (Å²) in [5, 5.41) is 14.5. The van der Waals surface area contributed by atoms with Crippen LogP contribution in [0, 0.1) is 23.7 Å². The lowest BCUT2D eigenvalue weighted by atomic mass is 9.50. The van der Waals surface area contributed by atoms with E-state index in [9.17, 15) is 0 Å². The van der Waals surface area contributed by atoms with Gasteiger partial charge in [0.15, 0.2) is 0 Å². The highest BCUT2D eigenvalue weighted by atomic mass is 15.2. The number of nitrogens with one attached hydrogen (secondary N) is 4. The van der Waals surface area contributed by atoms with E-state index >= 15 is 0 Å². The van der Waals surface area contributed by atoms with Crippen LogP contribution >= 0.6 is 0 Å². The molecular formula is C44H64N8. The number of nitrogens with zero attached hydrogens (tertiary/aromatic N) is 4. The van der Waals surface area contributed by atoms with E-state index in [2.05, 4.69) is 149 Å². The van der Waals surface area contributed by atoms with Gasteiger partial charge in [-0.15, -0.1) is 0 Å². The fraction of sp³-hybridized carbons (Fsp3) is 0.545. The van der Waals surface area contributed by atoms with Crippen LogP contribution in [0.1, 0.15) is 127 Å². The van der Waals surface area contributed by atoms with Crippen LogP contribution in [0.2, 0.25) is 0 Å². The quantitative estimate of drug-likeness (QED) is 0.0721. The molecule has 0 amide bonds. The van der Waals surface area contributed by atoms with E-state index < -0.39 is 0 Å². The van der Waals surface area contributed by atoms with Crippen molar-refractivity contribution in [2.75, 3.05) is 47.4 Å². The van der Waals surface area contributed by atoms with Crippen molar-refractivity contribution in [2.24, 2.45) is 23.7 Å². The lowest BCUT2D eigenvalue weighted by molar-refractivity contribution is 0.220. The molecule has 1 saturated carbocycles. The third-order valence-electron chi connectivity index (χ3n) is 10.2. The molecule has 8 nitrogen and oxygen atoms in total. The van der Waals surface area contributed by atoms with Crippen LogP contribution in [0.15, 0.2) is 72.8 Å². The summed E-state index contributed by atoms with van der Waals surface area (Å²) in [4.78, 5) is 20.6. The summed E-state index contributed by atoms with van der Waals surface area (Å²) in [5.74, 6) is 6.09. The number of rotatable bonds is 20. The van der Waals surface area contributed by atoms with Crippen LogP contribution in [0.5, 0.6) is 0 Å². The molecule has 2 aromatic heterocycles. The summed E-state index contributed by atoms with van der Waals surface area (Å²) in [5.41, 5.74) is 4.73. The molecule has 0 atom stereocenters. The first kappa shape index (κ1) is 39.0. The van der Waals surface area contributed by atoms with Gasteiger partial charge in [-0.3, -0.25) is 0 Å². The minimum Gasteiger partial charge on any atom is -0.370 e. The van der Waals surface area contributed by atoms with Crippen LogP contribution in [0.4, 0.5) is 23.5 Å². The molecule has 2 heterocycles. The summed E-state index contributed by atoms with van der Waals surface area (Å²) in [6.07, 6.45) is 4.27. The molecule has 5 rings (SSSR count). The number of hydrogen-bond acceptors (Lipinski definition) is 8. The van der Waals surface area contributed by atoms with Crippen molar-refractivity contribution in [1.82, 2.24) is 19.9 Å². The fourth-order valence-electron chi connectivity index (χ4n) is 7.20. The predicted octanol–water partition coefficient (Wildman–Crippen LogP) is 10.5. The smallest absolute Gasteiger partial charge is 0.224 e. The predicted molar refractivity (Wildman–Crippen MR) is 220 cm³/mol. The summed E-state index contributed by atoms with van der Waals surface area (Å²) in [7, 11) is 0. The normalized spacial score (nSPS) is 18.5. The summed E-state index contributed by atoms with van der Waals surface area (Å²) >= 11 is 0. The number of anilines is 4. The molecule has 4 N–H and O–H groups in total. The molecule has 0 saturated heterocycles. The topological polar surface area (TPSA) is 99.7 Å². The molecule has 0 spiro atoms. The molecule has 1 aliphatic rings. The van der Waals surface area contributed by atoms with Crippen LogP contribution in [-0.2, 0) is 0 Å². The Morgan fingerprint density at radius 2 is 0.750 bits per heavy atom. The Labute approximate surface area is 313 Å². The van der Waals surface area contributed by atoms with Gasteiger partial charge in [0.1, 0.15) is 11.6 Å². The minimum absolute atomic E-state index is 0.110. The second-order valence-corrected chi connectivity index (χ2v) is 16.4. The zero-order valence-corrected chi connectivity index (χ0v) is 33.0. The summed E-state index contributed by atoms with van der Waals surface area (Å²) in [6, 6.07) is 26.4. The van der Waals surface area contributed by atoms with Crippen molar-refractivity contribution in [3.05, 3.63) is 95.3 Å². The lowest BCUT2D eigenvalue weighted by Crippen LogP contribution is -2.41. The van der Waals surface area contributed by atoms with E-state index in [-0.39, 0.29) is 23.7 Å². The SMILES string of the molecule is CC(C)CCNc1cc(C2C(c3ccccc3)C(c3cc(NCCC(C)C)nc(NCCC(C)C)n3)C2c2ccccc2)nc(NCCC(C)C)n1. The molecule has 0 aliphatic heterocycles. The fourth-order valence-corrected chi connectivity index (χ4v) is 7.20. The van der Waals surface area contributed by atoms with Gasteiger partial charge >= 0.3 is 0 Å².